The minimum absolute atomic E-state index is 0.269. The van der Waals surface area contributed by atoms with Crippen molar-refractivity contribution in [3.63, 3.8) is 0 Å². The van der Waals surface area contributed by atoms with Crippen molar-refractivity contribution < 1.29 is 9.84 Å². The molecule has 6 heteroatoms. The lowest BCUT2D eigenvalue weighted by molar-refractivity contribution is 0.122. The van der Waals surface area contributed by atoms with Crippen LogP contribution in [0.15, 0.2) is 36.7 Å². The van der Waals surface area contributed by atoms with Crippen LogP contribution >= 0.6 is 0 Å². The zero-order valence-electron chi connectivity index (χ0n) is 11.7. The van der Waals surface area contributed by atoms with Crippen LogP contribution in [-0.4, -0.2) is 41.4 Å². The molecule has 2 heterocycles. The summed E-state index contributed by atoms with van der Waals surface area (Å²) in [6.45, 7) is 3.77. The van der Waals surface area contributed by atoms with Gasteiger partial charge in [-0.05, 0) is 17.7 Å². The number of aromatic nitrogens is 2. The summed E-state index contributed by atoms with van der Waals surface area (Å²) in [5.74, 6) is 1.95. The van der Waals surface area contributed by atoms with E-state index < -0.39 is 0 Å². The SMILES string of the molecule is Oc1cccc(CNc2cc(N3CCOCC3)ncn2)c1. The van der Waals surface area contributed by atoms with Crippen LogP contribution in [0.25, 0.3) is 0 Å². The number of anilines is 2. The minimum Gasteiger partial charge on any atom is -0.508 e. The molecule has 1 fully saturated rings. The second-order valence-corrected chi connectivity index (χ2v) is 4.88. The third-order valence-corrected chi connectivity index (χ3v) is 3.37. The van der Waals surface area contributed by atoms with Gasteiger partial charge in [0.25, 0.3) is 0 Å². The average molecular weight is 286 g/mol. The van der Waals surface area contributed by atoms with E-state index in [0.29, 0.717) is 6.54 Å². The van der Waals surface area contributed by atoms with E-state index in [0.717, 1.165) is 43.5 Å². The lowest BCUT2D eigenvalue weighted by atomic mass is 10.2. The van der Waals surface area contributed by atoms with E-state index in [-0.39, 0.29) is 5.75 Å². The first-order valence-corrected chi connectivity index (χ1v) is 6.98. The Morgan fingerprint density at radius 1 is 1.19 bits per heavy atom. The number of hydrogen-bond donors (Lipinski definition) is 2. The predicted molar refractivity (Wildman–Crippen MR) is 80.5 cm³/mol. The number of rotatable bonds is 4. The number of aromatic hydroxyl groups is 1. The second-order valence-electron chi connectivity index (χ2n) is 4.88. The molecule has 2 N–H and O–H groups in total. The van der Waals surface area contributed by atoms with Gasteiger partial charge < -0.3 is 20.1 Å². The van der Waals surface area contributed by atoms with E-state index >= 15 is 0 Å². The smallest absolute Gasteiger partial charge is 0.134 e. The van der Waals surface area contributed by atoms with Crippen LogP contribution in [0.4, 0.5) is 11.6 Å². The van der Waals surface area contributed by atoms with Crippen LogP contribution in [0.3, 0.4) is 0 Å². The van der Waals surface area contributed by atoms with Crippen molar-refractivity contribution in [2.24, 2.45) is 0 Å². The summed E-state index contributed by atoms with van der Waals surface area (Å²) in [7, 11) is 0. The molecule has 2 aromatic rings. The van der Waals surface area contributed by atoms with Crippen LogP contribution in [0.5, 0.6) is 5.75 Å². The van der Waals surface area contributed by atoms with Crippen molar-refractivity contribution in [1.29, 1.82) is 0 Å². The topological polar surface area (TPSA) is 70.5 Å². The fraction of sp³-hybridized carbons (Fsp3) is 0.333. The molecule has 0 saturated carbocycles. The summed E-state index contributed by atoms with van der Waals surface area (Å²) in [6.07, 6.45) is 1.57. The number of benzene rings is 1. The Balaban J connectivity index is 1.65. The van der Waals surface area contributed by atoms with Crippen LogP contribution in [-0.2, 0) is 11.3 Å². The van der Waals surface area contributed by atoms with Gasteiger partial charge in [0.15, 0.2) is 0 Å². The highest BCUT2D eigenvalue weighted by Crippen LogP contribution is 2.17. The first-order chi connectivity index (χ1) is 10.3. The largest absolute Gasteiger partial charge is 0.508 e. The van der Waals surface area contributed by atoms with Gasteiger partial charge in [0.2, 0.25) is 0 Å². The molecule has 1 aromatic heterocycles. The fourth-order valence-corrected chi connectivity index (χ4v) is 2.27. The van der Waals surface area contributed by atoms with Crippen LogP contribution in [0.2, 0.25) is 0 Å². The highest BCUT2D eigenvalue weighted by atomic mass is 16.5. The Kier molecular flexibility index (Phi) is 4.16. The molecule has 0 aliphatic carbocycles. The molecular weight excluding hydrogens is 268 g/mol. The van der Waals surface area contributed by atoms with Crippen molar-refractivity contribution in [3.8, 4) is 5.75 Å². The van der Waals surface area contributed by atoms with Gasteiger partial charge in [-0.3, -0.25) is 0 Å². The molecule has 0 amide bonds. The third kappa shape index (κ3) is 3.61. The van der Waals surface area contributed by atoms with Gasteiger partial charge in [-0.1, -0.05) is 12.1 Å². The highest BCUT2D eigenvalue weighted by molar-refractivity contribution is 5.49. The summed E-state index contributed by atoms with van der Waals surface area (Å²) in [6, 6.07) is 9.11. The molecule has 1 aliphatic heterocycles. The number of nitrogens with one attached hydrogen (secondary N) is 1. The molecule has 1 aromatic carbocycles. The fourth-order valence-electron chi connectivity index (χ4n) is 2.27. The van der Waals surface area contributed by atoms with Gasteiger partial charge in [0.05, 0.1) is 13.2 Å². The molecule has 0 spiro atoms. The Labute approximate surface area is 123 Å². The molecule has 21 heavy (non-hydrogen) atoms. The third-order valence-electron chi connectivity index (χ3n) is 3.37. The number of phenolic OH excluding ortho intramolecular Hbond substituents is 1. The lowest BCUT2D eigenvalue weighted by Crippen LogP contribution is -2.36. The van der Waals surface area contributed by atoms with Gasteiger partial charge in [-0.25, -0.2) is 9.97 Å². The summed E-state index contributed by atoms with van der Waals surface area (Å²) in [5, 5.41) is 12.7. The molecule has 0 bridgehead atoms. The molecule has 110 valence electrons. The van der Waals surface area contributed by atoms with Crippen LogP contribution < -0.4 is 10.2 Å². The maximum absolute atomic E-state index is 9.45. The number of nitrogens with zero attached hydrogens (tertiary/aromatic N) is 3. The van der Waals surface area contributed by atoms with E-state index in [1.165, 1.54) is 0 Å². The number of hydrogen-bond acceptors (Lipinski definition) is 6. The molecule has 1 saturated heterocycles. The molecular formula is C15H18N4O2. The first-order valence-electron chi connectivity index (χ1n) is 6.98. The van der Waals surface area contributed by atoms with Crippen LogP contribution in [0, 0.1) is 0 Å². The van der Waals surface area contributed by atoms with E-state index in [2.05, 4.69) is 20.2 Å². The number of ether oxygens (including phenoxy) is 1. The standard InChI is InChI=1S/C15H18N4O2/c20-13-3-1-2-12(8-13)10-16-14-9-15(18-11-17-14)19-4-6-21-7-5-19/h1-3,8-9,11,20H,4-7,10H2,(H,16,17,18). The maximum Gasteiger partial charge on any atom is 0.134 e. The molecule has 3 rings (SSSR count). The normalized spacial score (nSPS) is 15.0. The van der Waals surface area contributed by atoms with E-state index in [1.807, 2.05) is 18.2 Å². The summed E-state index contributed by atoms with van der Waals surface area (Å²) in [4.78, 5) is 10.7. The molecule has 0 atom stereocenters. The van der Waals surface area contributed by atoms with Gasteiger partial charge in [0.1, 0.15) is 23.7 Å². The van der Waals surface area contributed by atoms with Crippen LogP contribution in [0.1, 0.15) is 5.56 Å². The quantitative estimate of drug-likeness (QED) is 0.890. The number of morpholine rings is 1. The van der Waals surface area contributed by atoms with Gasteiger partial charge >= 0.3 is 0 Å². The average Bonchev–Trinajstić information content (AvgIpc) is 2.54. The Bertz CT molecular complexity index is 600. The molecule has 0 unspecified atom stereocenters. The minimum atomic E-state index is 0.269. The Hall–Kier alpha value is -2.34. The molecule has 0 radical (unpaired) electrons. The Morgan fingerprint density at radius 2 is 2.05 bits per heavy atom. The zero-order chi connectivity index (χ0) is 14.5. The maximum atomic E-state index is 9.45. The van der Waals surface area contributed by atoms with Crippen molar-refractivity contribution >= 4 is 11.6 Å². The molecule has 6 nitrogen and oxygen atoms in total. The highest BCUT2D eigenvalue weighted by Gasteiger charge is 2.12. The molecule has 1 aliphatic rings. The van der Waals surface area contributed by atoms with E-state index in [1.54, 1.807) is 18.5 Å². The van der Waals surface area contributed by atoms with E-state index in [4.69, 9.17) is 4.74 Å². The Morgan fingerprint density at radius 3 is 2.86 bits per heavy atom. The monoisotopic (exact) mass is 286 g/mol. The van der Waals surface area contributed by atoms with Crippen molar-refractivity contribution in [2.75, 3.05) is 36.5 Å². The summed E-state index contributed by atoms with van der Waals surface area (Å²) in [5.41, 5.74) is 1.00. The summed E-state index contributed by atoms with van der Waals surface area (Å²) >= 11 is 0. The first kappa shape index (κ1) is 13.6. The summed E-state index contributed by atoms with van der Waals surface area (Å²) < 4.78 is 5.34. The van der Waals surface area contributed by atoms with Crippen molar-refractivity contribution in [3.05, 3.63) is 42.2 Å². The van der Waals surface area contributed by atoms with E-state index in [9.17, 15) is 5.11 Å². The second kappa shape index (κ2) is 6.41. The van der Waals surface area contributed by atoms with Gasteiger partial charge in [0, 0.05) is 25.7 Å². The number of phenols is 1. The van der Waals surface area contributed by atoms with Crippen molar-refractivity contribution in [1.82, 2.24) is 9.97 Å². The zero-order valence-corrected chi connectivity index (χ0v) is 11.7. The predicted octanol–water partition coefficient (Wildman–Crippen LogP) is 1.63. The van der Waals surface area contributed by atoms with Crippen molar-refractivity contribution in [2.45, 2.75) is 6.54 Å². The van der Waals surface area contributed by atoms with Gasteiger partial charge in [-0.15, -0.1) is 0 Å². The lowest BCUT2D eigenvalue weighted by Gasteiger charge is -2.27. The van der Waals surface area contributed by atoms with Gasteiger partial charge in [-0.2, -0.15) is 0 Å².